The minimum absolute atomic E-state index is 0.0492. The number of rotatable bonds is 3. The molecule has 1 aromatic heterocycles. The average Bonchev–Trinajstić information content (AvgIpc) is 3.23. The molecule has 2 aliphatic heterocycles. The number of aromatic amines is 1. The van der Waals surface area contributed by atoms with Crippen LogP contribution >= 0.6 is 15.9 Å². The van der Waals surface area contributed by atoms with E-state index in [1.807, 2.05) is 18.0 Å². The number of hydrogen-bond acceptors (Lipinski definition) is 7. The van der Waals surface area contributed by atoms with E-state index < -0.39 is 23.2 Å². The van der Waals surface area contributed by atoms with E-state index in [1.165, 1.54) is 7.11 Å². The topological polar surface area (TPSA) is 106 Å². The fraction of sp³-hybridized carbons (Fsp3) is 0.273. The minimum atomic E-state index is -0.727. The Kier molecular flexibility index (Phi) is 4.98. The molecule has 1 atom stereocenters. The van der Waals surface area contributed by atoms with Crippen molar-refractivity contribution in [3.05, 3.63) is 72.3 Å². The number of aromatic nitrogens is 2. The van der Waals surface area contributed by atoms with Crippen molar-refractivity contribution >= 4 is 15.9 Å². The molecule has 2 N–H and O–H groups in total. The Bertz CT molecular complexity index is 1330. The minimum Gasteiger partial charge on any atom is -0.494 e. The number of H-pyrrole nitrogens is 1. The van der Waals surface area contributed by atoms with Crippen LogP contribution in [0.1, 0.15) is 22.7 Å². The number of fused-ring (bicyclic) bond motifs is 2. The summed E-state index contributed by atoms with van der Waals surface area (Å²) in [7, 11) is 3.38. The molecule has 2 aliphatic rings. The van der Waals surface area contributed by atoms with Crippen LogP contribution in [0.3, 0.4) is 0 Å². The van der Waals surface area contributed by atoms with Gasteiger partial charge in [-0.15, -0.1) is 0 Å². The lowest BCUT2D eigenvalue weighted by Gasteiger charge is -2.35. The predicted molar refractivity (Wildman–Crippen MR) is 119 cm³/mol. The lowest BCUT2D eigenvalue weighted by Crippen LogP contribution is -2.39. The van der Waals surface area contributed by atoms with E-state index in [-0.39, 0.29) is 12.4 Å². The van der Waals surface area contributed by atoms with E-state index in [0.29, 0.717) is 41.5 Å². The third-order valence-electron chi connectivity index (χ3n) is 5.87. The van der Waals surface area contributed by atoms with Crippen LogP contribution in [0.4, 0.5) is 0 Å². The van der Waals surface area contributed by atoms with Gasteiger partial charge in [-0.2, -0.15) is 0 Å². The maximum Gasteiger partial charge on any atom is 0.335 e. The molecule has 3 aromatic rings. The maximum absolute atomic E-state index is 13.0. The highest BCUT2D eigenvalue weighted by Gasteiger charge is 2.38. The molecular formula is C22H20BrN3O6. The molecule has 9 nitrogen and oxygen atoms in total. The molecule has 0 spiro atoms. The largest absolute Gasteiger partial charge is 0.494 e. The Balaban J connectivity index is 1.78. The van der Waals surface area contributed by atoms with Crippen molar-refractivity contribution in [3.8, 4) is 28.8 Å². The van der Waals surface area contributed by atoms with Crippen molar-refractivity contribution < 1.29 is 19.3 Å². The van der Waals surface area contributed by atoms with Gasteiger partial charge in [-0.1, -0.05) is 15.9 Å². The van der Waals surface area contributed by atoms with Crippen molar-refractivity contribution in [1.29, 1.82) is 0 Å². The van der Waals surface area contributed by atoms with E-state index in [2.05, 4.69) is 20.9 Å². The van der Waals surface area contributed by atoms with Crippen LogP contribution in [0.2, 0.25) is 0 Å². The number of likely N-dealkylation sites (N-methyl/N-ethyl adjacent to an activating group) is 1. The molecule has 0 saturated carbocycles. The lowest BCUT2D eigenvalue weighted by molar-refractivity contribution is 0.170. The first kappa shape index (κ1) is 20.7. The van der Waals surface area contributed by atoms with Gasteiger partial charge in [0, 0.05) is 16.6 Å². The Morgan fingerprint density at radius 3 is 2.66 bits per heavy atom. The number of nitrogens with one attached hydrogen (secondary N) is 1. The molecule has 10 heteroatoms. The van der Waals surface area contributed by atoms with Gasteiger partial charge in [0.1, 0.15) is 0 Å². The second kappa shape index (κ2) is 7.72. The summed E-state index contributed by atoms with van der Waals surface area (Å²) in [5.41, 5.74) is 0.708. The number of aromatic hydroxyl groups is 1. The van der Waals surface area contributed by atoms with Gasteiger partial charge in [0.25, 0.3) is 5.56 Å². The van der Waals surface area contributed by atoms with Gasteiger partial charge >= 0.3 is 5.69 Å². The molecule has 2 aromatic carbocycles. The van der Waals surface area contributed by atoms with Crippen LogP contribution < -0.4 is 25.5 Å². The predicted octanol–water partition coefficient (Wildman–Crippen LogP) is 2.31. The summed E-state index contributed by atoms with van der Waals surface area (Å²) >= 11 is 3.36. The highest BCUT2D eigenvalue weighted by molar-refractivity contribution is 9.10. The maximum atomic E-state index is 13.0. The molecule has 3 heterocycles. The summed E-state index contributed by atoms with van der Waals surface area (Å²) in [4.78, 5) is 30.0. The second-order valence-electron chi connectivity index (χ2n) is 7.66. The Morgan fingerprint density at radius 2 is 1.94 bits per heavy atom. The summed E-state index contributed by atoms with van der Waals surface area (Å²) in [5.74, 6) is 1.07. The molecule has 0 aliphatic carbocycles. The van der Waals surface area contributed by atoms with Gasteiger partial charge in [0.05, 0.1) is 24.4 Å². The van der Waals surface area contributed by atoms with Gasteiger partial charge < -0.3 is 19.3 Å². The molecule has 0 radical (unpaired) electrons. The van der Waals surface area contributed by atoms with Crippen molar-refractivity contribution in [1.82, 2.24) is 14.5 Å². The molecule has 0 fully saturated rings. The third-order valence-corrected chi connectivity index (χ3v) is 6.40. The van der Waals surface area contributed by atoms with Crippen molar-refractivity contribution in [2.45, 2.75) is 12.5 Å². The summed E-state index contributed by atoms with van der Waals surface area (Å²) in [5, 5.41) is 11.2. The van der Waals surface area contributed by atoms with Crippen LogP contribution in [-0.4, -0.2) is 47.1 Å². The van der Waals surface area contributed by atoms with Crippen LogP contribution in [0.25, 0.3) is 5.69 Å². The standard InChI is InChI=1S/C22H20BrN3O6/c1-25-8-7-11-9-14-18(32-10-31-14)19(30-2)15(11)17(25)16-20(27)24-22(29)26(21(16)28)13-5-3-12(23)4-6-13/h3-6,9,17,28H,7-8,10H2,1-2H3,(H,24,27,29)/t17-/m0/s1. The first-order chi connectivity index (χ1) is 15.4. The zero-order chi connectivity index (χ0) is 22.6. The van der Waals surface area contributed by atoms with E-state index in [1.54, 1.807) is 24.3 Å². The third kappa shape index (κ3) is 3.09. The molecule has 0 unspecified atom stereocenters. The smallest absolute Gasteiger partial charge is 0.335 e. The summed E-state index contributed by atoms with van der Waals surface area (Å²) in [6.07, 6.45) is 0.695. The van der Waals surface area contributed by atoms with Crippen LogP contribution in [0, 0.1) is 0 Å². The molecule has 0 amide bonds. The molecule has 0 saturated heterocycles. The van der Waals surface area contributed by atoms with Crippen molar-refractivity contribution in [2.24, 2.45) is 0 Å². The molecule has 0 bridgehead atoms. The number of ether oxygens (including phenoxy) is 3. The highest BCUT2D eigenvalue weighted by atomic mass is 79.9. The fourth-order valence-corrected chi connectivity index (χ4v) is 4.68. The molecule has 32 heavy (non-hydrogen) atoms. The van der Waals surface area contributed by atoms with Gasteiger partial charge in [-0.05, 0) is 49.4 Å². The van der Waals surface area contributed by atoms with Gasteiger partial charge in [-0.3, -0.25) is 14.7 Å². The van der Waals surface area contributed by atoms with Gasteiger partial charge in [0.15, 0.2) is 11.5 Å². The Labute approximate surface area is 190 Å². The first-order valence-corrected chi connectivity index (χ1v) is 10.7. The van der Waals surface area contributed by atoms with E-state index in [0.717, 1.165) is 14.6 Å². The summed E-state index contributed by atoms with van der Waals surface area (Å²) in [6.45, 7) is 0.701. The first-order valence-electron chi connectivity index (χ1n) is 9.94. The Morgan fingerprint density at radius 1 is 1.19 bits per heavy atom. The SMILES string of the molecule is COc1c2c(cc3c1[C@@H](c1c(O)n(-c4ccc(Br)cc4)c(=O)[nH]c1=O)N(C)CC3)OCO2. The molecule has 5 rings (SSSR count). The van der Waals surface area contributed by atoms with Crippen LogP contribution in [0.5, 0.6) is 23.1 Å². The normalized spacial score (nSPS) is 17.3. The van der Waals surface area contributed by atoms with Gasteiger partial charge in [-0.25, -0.2) is 9.36 Å². The zero-order valence-corrected chi connectivity index (χ0v) is 18.9. The number of nitrogens with zero attached hydrogens (tertiary/aromatic N) is 2. The zero-order valence-electron chi connectivity index (χ0n) is 17.3. The fourth-order valence-electron chi connectivity index (χ4n) is 4.41. The summed E-state index contributed by atoms with van der Waals surface area (Å²) < 4.78 is 18.8. The number of halogens is 1. The highest BCUT2D eigenvalue weighted by Crippen LogP contribution is 2.51. The lowest BCUT2D eigenvalue weighted by atomic mass is 9.87. The quantitative estimate of drug-likeness (QED) is 0.567. The van der Waals surface area contributed by atoms with Crippen molar-refractivity contribution in [2.75, 3.05) is 27.5 Å². The number of hydrogen-bond donors (Lipinski definition) is 2. The van der Waals surface area contributed by atoms with Crippen LogP contribution in [0.15, 0.2) is 44.4 Å². The second-order valence-corrected chi connectivity index (χ2v) is 8.57. The number of benzene rings is 2. The van der Waals surface area contributed by atoms with Crippen LogP contribution in [-0.2, 0) is 6.42 Å². The monoisotopic (exact) mass is 501 g/mol. The number of methoxy groups -OCH3 is 1. The summed E-state index contributed by atoms with van der Waals surface area (Å²) in [6, 6.07) is 8.05. The van der Waals surface area contributed by atoms with E-state index >= 15 is 0 Å². The Hall–Kier alpha value is -3.24. The molecule has 166 valence electrons. The average molecular weight is 502 g/mol. The van der Waals surface area contributed by atoms with Gasteiger partial charge in [0.2, 0.25) is 18.4 Å². The van der Waals surface area contributed by atoms with Crippen molar-refractivity contribution in [3.63, 3.8) is 0 Å². The van der Waals surface area contributed by atoms with E-state index in [4.69, 9.17) is 14.2 Å². The molecular weight excluding hydrogens is 482 g/mol. The van der Waals surface area contributed by atoms with E-state index in [9.17, 15) is 14.7 Å².